The fraction of sp³-hybridized carbons (Fsp3) is 0.125. The van der Waals surface area contributed by atoms with Gasteiger partial charge in [-0.2, -0.15) is 4.37 Å². The van der Waals surface area contributed by atoms with Crippen LogP contribution in [0.4, 0.5) is 10.1 Å². The Morgan fingerprint density at radius 3 is 2.86 bits per heavy atom. The topological polar surface area (TPSA) is 51.2 Å². The first-order chi connectivity index (χ1) is 10.6. The third-order valence-corrected chi connectivity index (χ3v) is 4.15. The summed E-state index contributed by atoms with van der Waals surface area (Å²) in [6.07, 6.45) is 0. The summed E-state index contributed by atoms with van der Waals surface area (Å²) in [5.41, 5.74) is 1.06. The molecule has 0 unspecified atom stereocenters. The Morgan fingerprint density at radius 2 is 2.09 bits per heavy atom. The number of halogens is 1. The molecule has 2 aromatic carbocycles. The summed E-state index contributed by atoms with van der Waals surface area (Å²) in [4.78, 5) is 12.4. The average molecular weight is 316 g/mol. The van der Waals surface area contributed by atoms with Crippen molar-refractivity contribution in [2.75, 3.05) is 12.4 Å². The number of hydrogen-bond donors (Lipinski definition) is 1. The highest BCUT2D eigenvalue weighted by atomic mass is 32.1. The molecule has 112 valence electrons. The number of hydrogen-bond acceptors (Lipinski definition) is 4. The quantitative estimate of drug-likeness (QED) is 0.794. The summed E-state index contributed by atoms with van der Waals surface area (Å²) in [5, 5.41) is 3.44. The van der Waals surface area contributed by atoms with Crippen LogP contribution in [0.5, 0.6) is 5.75 Å². The van der Waals surface area contributed by atoms with Crippen molar-refractivity contribution < 1.29 is 13.9 Å². The number of benzene rings is 2. The molecule has 4 nitrogen and oxygen atoms in total. The molecule has 0 bridgehead atoms. The van der Waals surface area contributed by atoms with E-state index < -0.39 is 5.82 Å². The molecule has 22 heavy (non-hydrogen) atoms. The van der Waals surface area contributed by atoms with Gasteiger partial charge in [-0.1, -0.05) is 18.2 Å². The molecule has 1 heterocycles. The van der Waals surface area contributed by atoms with Gasteiger partial charge >= 0.3 is 0 Å². The predicted molar refractivity (Wildman–Crippen MR) is 85.3 cm³/mol. The zero-order valence-electron chi connectivity index (χ0n) is 12.0. The summed E-state index contributed by atoms with van der Waals surface area (Å²) in [6, 6.07) is 10.3. The summed E-state index contributed by atoms with van der Waals surface area (Å²) in [7, 11) is 1.47. The van der Waals surface area contributed by atoms with Crippen LogP contribution in [0.1, 0.15) is 16.1 Å². The van der Waals surface area contributed by atoms with Crippen LogP contribution in [0.25, 0.3) is 10.1 Å². The number of rotatable bonds is 3. The van der Waals surface area contributed by atoms with Crippen LogP contribution < -0.4 is 10.1 Å². The number of amides is 1. The van der Waals surface area contributed by atoms with Crippen molar-refractivity contribution in [2.45, 2.75) is 6.92 Å². The van der Waals surface area contributed by atoms with Crippen LogP contribution >= 0.6 is 11.5 Å². The molecule has 1 aromatic heterocycles. The van der Waals surface area contributed by atoms with Crippen molar-refractivity contribution in [1.29, 1.82) is 0 Å². The van der Waals surface area contributed by atoms with E-state index in [9.17, 15) is 9.18 Å². The van der Waals surface area contributed by atoms with Crippen molar-refractivity contribution in [3.8, 4) is 5.75 Å². The zero-order chi connectivity index (χ0) is 15.7. The number of nitrogens with one attached hydrogen (secondary N) is 1. The van der Waals surface area contributed by atoms with E-state index in [1.165, 1.54) is 24.7 Å². The highest BCUT2D eigenvalue weighted by molar-refractivity contribution is 7.13. The van der Waals surface area contributed by atoms with E-state index in [1.807, 2.05) is 24.3 Å². The summed E-state index contributed by atoms with van der Waals surface area (Å²) >= 11 is 1.25. The van der Waals surface area contributed by atoms with Crippen LogP contribution in [0.3, 0.4) is 0 Å². The average Bonchev–Trinajstić information content (AvgIpc) is 2.94. The molecule has 0 aliphatic carbocycles. The van der Waals surface area contributed by atoms with E-state index >= 15 is 0 Å². The molecular formula is C16H13FN2O2S. The lowest BCUT2D eigenvalue weighted by atomic mass is 10.1. The molecule has 1 N–H and O–H groups in total. The normalized spacial score (nSPS) is 10.7. The maximum absolute atomic E-state index is 13.7. The summed E-state index contributed by atoms with van der Waals surface area (Å²) < 4.78 is 24.0. The fourth-order valence-corrected chi connectivity index (χ4v) is 2.93. The first-order valence-corrected chi connectivity index (χ1v) is 7.37. The number of nitrogens with zero attached hydrogens (tertiary/aromatic N) is 1. The van der Waals surface area contributed by atoms with Crippen molar-refractivity contribution in [2.24, 2.45) is 0 Å². The van der Waals surface area contributed by atoms with Gasteiger partial charge in [0.25, 0.3) is 5.91 Å². The van der Waals surface area contributed by atoms with E-state index in [-0.39, 0.29) is 11.6 Å². The number of anilines is 1. The molecule has 1 amide bonds. The van der Waals surface area contributed by atoms with Crippen molar-refractivity contribution in [3.05, 3.63) is 53.5 Å². The molecule has 3 rings (SSSR count). The second kappa shape index (κ2) is 5.73. The van der Waals surface area contributed by atoms with E-state index in [2.05, 4.69) is 9.69 Å². The molecule has 3 aromatic rings. The lowest BCUT2D eigenvalue weighted by Crippen LogP contribution is -2.13. The van der Waals surface area contributed by atoms with Gasteiger partial charge in [0.1, 0.15) is 17.3 Å². The van der Waals surface area contributed by atoms with Gasteiger partial charge in [-0.3, -0.25) is 4.79 Å². The molecule has 0 spiro atoms. The van der Waals surface area contributed by atoms with Crippen LogP contribution in [-0.4, -0.2) is 17.4 Å². The Hall–Kier alpha value is -2.47. The Bertz CT molecular complexity index is 860. The number of aromatic nitrogens is 1. The Morgan fingerprint density at radius 1 is 1.32 bits per heavy atom. The Balaban J connectivity index is 1.96. The maximum atomic E-state index is 13.7. The molecule has 6 heteroatoms. The van der Waals surface area contributed by atoms with Gasteiger partial charge < -0.3 is 10.1 Å². The van der Waals surface area contributed by atoms with Crippen LogP contribution in [0.2, 0.25) is 0 Å². The second-order valence-corrected chi connectivity index (χ2v) is 5.59. The highest BCUT2D eigenvalue weighted by Crippen LogP contribution is 2.29. The summed E-state index contributed by atoms with van der Waals surface area (Å²) in [6.45, 7) is 1.64. The first-order valence-electron chi connectivity index (χ1n) is 6.60. The van der Waals surface area contributed by atoms with Crippen LogP contribution in [0.15, 0.2) is 36.4 Å². The van der Waals surface area contributed by atoms with E-state index in [0.717, 1.165) is 10.1 Å². The Kier molecular flexibility index (Phi) is 3.77. The van der Waals surface area contributed by atoms with Crippen LogP contribution in [0, 0.1) is 12.7 Å². The van der Waals surface area contributed by atoms with Gasteiger partial charge in [0.15, 0.2) is 0 Å². The largest absolute Gasteiger partial charge is 0.495 e. The van der Waals surface area contributed by atoms with Gasteiger partial charge in [-0.15, -0.1) is 0 Å². The first kappa shape index (κ1) is 14.5. The monoisotopic (exact) mass is 316 g/mol. The molecule has 0 radical (unpaired) electrons. The summed E-state index contributed by atoms with van der Waals surface area (Å²) in [5.74, 6) is -0.384. The molecule has 0 atom stereocenters. The minimum absolute atomic E-state index is 0.285. The number of aryl methyl sites for hydroxylation is 1. The zero-order valence-corrected chi connectivity index (χ0v) is 12.8. The number of carbonyl (C=O) groups is 1. The second-order valence-electron chi connectivity index (χ2n) is 4.78. The number of fused-ring (bicyclic) bond motifs is 1. The third kappa shape index (κ3) is 2.53. The van der Waals surface area contributed by atoms with Gasteiger partial charge in [0.2, 0.25) is 0 Å². The van der Waals surface area contributed by atoms with E-state index in [1.54, 1.807) is 13.0 Å². The van der Waals surface area contributed by atoms with Crippen molar-refractivity contribution >= 4 is 33.2 Å². The van der Waals surface area contributed by atoms with Gasteiger partial charge in [-0.25, -0.2) is 4.39 Å². The molecular weight excluding hydrogens is 303 g/mol. The number of ether oxygens (including phenoxy) is 1. The third-order valence-electron chi connectivity index (χ3n) is 3.32. The van der Waals surface area contributed by atoms with Crippen molar-refractivity contribution in [1.82, 2.24) is 4.37 Å². The molecule has 0 aliphatic heterocycles. The van der Waals surface area contributed by atoms with Crippen LogP contribution in [-0.2, 0) is 0 Å². The molecule has 0 fully saturated rings. The van der Waals surface area contributed by atoms with E-state index in [0.29, 0.717) is 17.0 Å². The lowest BCUT2D eigenvalue weighted by molar-refractivity contribution is 0.102. The molecule has 0 saturated carbocycles. The van der Waals surface area contributed by atoms with Crippen molar-refractivity contribution in [3.63, 3.8) is 0 Å². The molecule has 0 saturated heterocycles. The minimum Gasteiger partial charge on any atom is -0.495 e. The fourth-order valence-electron chi connectivity index (χ4n) is 2.15. The minimum atomic E-state index is -0.403. The highest BCUT2D eigenvalue weighted by Gasteiger charge is 2.17. The number of methoxy groups -OCH3 is 1. The Labute approximate surface area is 130 Å². The standard InChI is InChI=1S/C16H13FN2O2S/c1-9-7-13(21-2)12(8-11(9)17)18-16(20)15-10-5-3-4-6-14(10)22-19-15/h3-8H,1-2H3,(H,18,20). The number of carbonyl (C=O) groups excluding carboxylic acids is 1. The van der Waals surface area contributed by atoms with Gasteiger partial charge in [-0.05, 0) is 36.2 Å². The maximum Gasteiger partial charge on any atom is 0.276 e. The lowest BCUT2D eigenvalue weighted by Gasteiger charge is -2.11. The SMILES string of the molecule is COc1cc(C)c(F)cc1NC(=O)c1nsc2ccccc12. The smallest absolute Gasteiger partial charge is 0.276 e. The van der Waals surface area contributed by atoms with Gasteiger partial charge in [0.05, 0.1) is 17.5 Å². The molecule has 0 aliphatic rings. The van der Waals surface area contributed by atoms with E-state index in [4.69, 9.17) is 4.74 Å². The predicted octanol–water partition coefficient (Wildman–Crippen LogP) is 4.00. The van der Waals surface area contributed by atoms with Gasteiger partial charge in [0, 0.05) is 11.5 Å².